The van der Waals surface area contributed by atoms with Crippen LogP contribution in [-0.4, -0.2) is 97.5 Å². The predicted octanol–water partition coefficient (Wildman–Crippen LogP) is 1.90. The average Bonchev–Trinajstić information content (AvgIpc) is 2.69. The number of alkyl carbamates (subject to hydrolysis) is 1. The third-order valence-corrected chi connectivity index (χ3v) is 6.04. The van der Waals surface area contributed by atoms with E-state index in [0.29, 0.717) is 11.0 Å². The molecule has 2 fully saturated rings. The molecular formula is C24H45N4O5+. The van der Waals surface area contributed by atoms with E-state index in [1.807, 2.05) is 46.4 Å². The smallest absolute Gasteiger partial charge is 0.407 e. The summed E-state index contributed by atoms with van der Waals surface area (Å²) < 4.78 is 11.5. The van der Waals surface area contributed by atoms with Crippen molar-refractivity contribution in [3.8, 4) is 0 Å². The standard InChI is InChI=1S/C24H44N4O5/c1-23(2,3)32-20(29)18-28(15-7-10-26-22(31)33-24(4,5)6)16-8-19(9-17-28)21(30)27-13-11-25-12-14-27/h19,25H,7-18H2,1-6H3/p+1. The van der Waals surface area contributed by atoms with Gasteiger partial charge in [-0.15, -0.1) is 0 Å². The van der Waals surface area contributed by atoms with E-state index in [9.17, 15) is 14.4 Å². The molecule has 2 saturated heterocycles. The second-order valence-corrected chi connectivity index (χ2v) is 11.4. The Kier molecular flexibility index (Phi) is 9.55. The van der Waals surface area contributed by atoms with Crippen LogP contribution in [0.4, 0.5) is 4.79 Å². The molecule has 0 atom stereocenters. The van der Waals surface area contributed by atoms with Crippen molar-refractivity contribution >= 4 is 18.0 Å². The minimum atomic E-state index is -0.534. The number of rotatable bonds is 7. The van der Waals surface area contributed by atoms with Gasteiger partial charge in [0.25, 0.3) is 0 Å². The molecule has 2 aliphatic heterocycles. The Balaban J connectivity index is 1.93. The van der Waals surface area contributed by atoms with Crippen LogP contribution in [0.2, 0.25) is 0 Å². The summed E-state index contributed by atoms with van der Waals surface area (Å²) >= 11 is 0. The molecule has 0 bridgehead atoms. The molecule has 0 unspecified atom stereocenters. The van der Waals surface area contributed by atoms with Gasteiger partial charge in [0.15, 0.2) is 6.54 Å². The van der Waals surface area contributed by atoms with Gasteiger partial charge in [0.2, 0.25) is 5.91 Å². The van der Waals surface area contributed by atoms with Gasteiger partial charge in [0, 0.05) is 57.9 Å². The lowest BCUT2D eigenvalue weighted by Crippen LogP contribution is -2.59. The molecule has 0 aromatic carbocycles. The number of nitrogens with one attached hydrogen (secondary N) is 2. The maximum atomic E-state index is 13.0. The van der Waals surface area contributed by atoms with E-state index in [-0.39, 0.29) is 24.3 Å². The van der Waals surface area contributed by atoms with Crippen LogP contribution in [0.5, 0.6) is 0 Å². The summed E-state index contributed by atoms with van der Waals surface area (Å²) in [6, 6.07) is 0. The highest BCUT2D eigenvalue weighted by molar-refractivity contribution is 5.79. The Bertz CT molecular complexity index is 669. The summed E-state index contributed by atoms with van der Waals surface area (Å²) in [5.41, 5.74) is -1.07. The van der Waals surface area contributed by atoms with Crippen molar-refractivity contribution in [1.29, 1.82) is 0 Å². The van der Waals surface area contributed by atoms with Gasteiger partial charge < -0.3 is 29.5 Å². The van der Waals surface area contributed by atoms with Crippen LogP contribution in [0.25, 0.3) is 0 Å². The van der Waals surface area contributed by atoms with Crippen LogP contribution in [0.15, 0.2) is 0 Å². The molecule has 2 N–H and O–H groups in total. The van der Waals surface area contributed by atoms with Crippen LogP contribution < -0.4 is 10.6 Å². The largest absolute Gasteiger partial charge is 0.456 e. The van der Waals surface area contributed by atoms with Crippen LogP contribution in [0, 0.1) is 5.92 Å². The van der Waals surface area contributed by atoms with E-state index in [1.165, 1.54) is 0 Å². The summed E-state index contributed by atoms with van der Waals surface area (Å²) in [4.78, 5) is 39.5. The molecule has 2 amide bonds. The summed E-state index contributed by atoms with van der Waals surface area (Å²) in [5.74, 6) is 0.0560. The van der Waals surface area contributed by atoms with Crippen molar-refractivity contribution in [2.24, 2.45) is 5.92 Å². The lowest BCUT2D eigenvalue weighted by molar-refractivity contribution is -0.926. The van der Waals surface area contributed by atoms with Crippen LogP contribution in [-0.2, 0) is 19.1 Å². The Morgan fingerprint density at radius 1 is 0.970 bits per heavy atom. The van der Waals surface area contributed by atoms with Crippen LogP contribution in [0.3, 0.4) is 0 Å². The highest BCUT2D eigenvalue weighted by Crippen LogP contribution is 2.27. The van der Waals surface area contributed by atoms with Gasteiger partial charge in [-0.1, -0.05) is 0 Å². The molecule has 9 heteroatoms. The molecule has 9 nitrogen and oxygen atoms in total. The van der Waals surface area contributed by atoms with Gasteiger partial charge in [-0.05, 0) is 41.5 Å². The first-order valence-electron chi connectivity index (χ1n) is 12.3. The number of hydrogen-bond donors (Lipinski definition) is 2. The molecule has 190 valence electrons. The fourth-order valence-electron chi connectivity index (χ4n) is 4.53. The van der Waals surface area contributed by atoms with Crippen LogP contribution in [0.1, 0.15) is 60.8 Å². The van der Waals surface area contributed by atoms with Gasteiger partial charge in [-0.25, -0.2) is 9.59 Å². The number of carbonyl (C=O) groups is 3. The number of likely N-dealkylation sites (tertiary alicyclic amines) is 1. The van der Waals surface area contributed by atoms with Gasteiger partial charge in [-0.2, -0.15) is 0 Å². The Morgan fingerprint density at radius 3 is 2.09 bits per heavy atom. The fourth-order valence-corrected chi connectivity index (χ4v) is 4.53. The molecule has 0 saturated carbocycles. The zero-order chi connectivity index (χ0) is 24.7. The molecule has 2 rings (SSSR count). The number of nitrogens with zero attached hydrogens (tertiary/aromatic N) is 2. The molecular weight excluding hydrogens is 424 g/mol. The maximum Gasteiger partial charge on any atom is 0.407 e. The molecule has 33 heavy (non-hydrogen) atoms. The van der Waals surface area contributed by atoms with E-state index in [4.69, 9.17) is 9.47 Å². The first-order chi connectivity index (χ1) is 15.3. The highest BCUT2D eigenvalue weighted by Gasteiger charge is 2.40. The number of hydrogen-bond acceptors (Lipinski definition) is 6. The first kappa shape index (κ1) is 27.4. The predicted molar refractivity (Wildman–Crippen MR) is 127 cm³/mol. The van der Waals surface area contributed by atoms with E-state index < -0.39 is 17.3 Å². The van der Waals surface area contributed by atoms with Gasteiger partial charge in [-0.3, -0.25) is 4.79 Å². The van der Waals surface area contributed by atoms with E-state index in [1.54, 1.807) is 0 Å². The maximum absolute atomic E-state index is 13.0. The first-order valence-corrected chi connectivity index (χ1v) is 12.3. The molecule has 2 heterocycles. The Labute approximate surface area is 199 Å². The van der Waals surface area contributed by atoms with Crippen molar-refractivity contribution in [2.45, 2.75) is 72.0 Å². The lowest BCUT2D eigenvalue weighted by atomic mass is 9.92. The molecule has 0 aromatic heterocycles. The minimum absolute atomic E-state index is 0.0212. The molecule has 0 aliphatic carbocycles. The van der Waals surface area contributed by atoms with Crippen molar-refractivity contribution in [1.82, 2.24) is 15.5 Å². The second-order valence-electron chi connectivity index (χ2n) is 11.4. The molecule has 0 spiro atoms. The molecule has 0 aromatic rings. The molecule has 2 aliphatic rings. The number of ether oxygens (including phenoxy) is 2. The van der Waals surface area contributed by atoms with Crippen molar-refractivity contribution < 1.29 is 28.3 Å². The van der Waals surface area contributed by atoms with E-state index >= 15 is 0 Å². The second kappa shape index (κ2) is 11.5. The lowest BCUT2D eigenvalue weighted by Gasteiger charge is -2.44. The van der Waals surface area contributed by atoms with E-state index in [0.717, 1.165) is 65.1 Å². The van der Waals surface area contributed by atoms with Gasteiger partial charge >= 0.3 is 12.1 Å². The van der Waals surface area contributed by atoms with Crippen molar-refractivity contribution in [2.75, 3.05) is 58.9 Å². The van der Waals surface area contributed by atoms with Gasteiger partial charge in [0.1, 0.15) is 11.2 Å². The summed E-state index contributed by atoms with van der Waals surface area (Å²) in [6.07, 6.45) is 1.83. The monoisotopic (exact) mass is 469 g/mol. The van der Waals surface area contributed by atoms with Crippen LogP contribution >= 0.6 is 0 Å². The SMILES string of the molecule is CC(C)(C)OC(=O)C[N+]1(CCCNC(=O)OC(C)(C)C)CCC(C(=O)N2CCNCC2)CC1. The van der Waals surface area contributed by atoms with Gasteiger partial charge in [0.05, 0.1) is 19.6 Å². The number of piperidine rings is 1. The van der Waals surface area contributed by atoms with E-state index in [2.05, 4.69) is 10.6 Å². The summed E-state index contributed by atoms with van der Waals surface area (Å²) in [7, 11) is 0. The number of esters is 1. The third-order valence-electron chi connectivity index (χ3n) is 6.04. The Morgan fingerprint density at radius 2 is 1.55 bits per heavy atom. The van der Waals surface area contributed by atoms with Crippen molar-refractivity contribution in [3.05, 3.63) is 0 Å². The fraction of sp³-hybridized carbons (Fsp3) is 0.875. The number of amides is 2. The molecule has 0 radical (unpaired) electrons. The number of piperazine rings is 1. The Hall–Kier alpha value is -1.87. The highest BCUT2D eigenvalue weighted by atomic mass is 16.6. The number of carbonyl (C=O) groups excluding carboxylic acids is 3. The summed E-state index contributed by atoms with van der Waals surface area (Å²) in [6.45, 7) is 17.4. The zero-order valence-corrected chi connectivity index (χ0v) is 21.5. The normalized spacial score (nSPS) is 24.2. The minimum Gasteiger partial charge on any atom is -0.456 e. The quantitative estimate of drug-likeness (QED) is 0.336. The number of quaternary nitrogens is 1. The summed E-state index contributed by atoms with van der Waals surface area (Å²) in [5, 5.41) is 6.09. The zero-order valence-electron chi connectivity index (χ0n) is 21.5. The third kappa shape index (κ3) is 9.88. The van der Waals surface area contributed by atoms with Crippen molar-refractivity contribution in [3.63, 3.8) is 0 Å². The average molecular weight is 470 g/mol. The topological polar surface area (TPSA) is 97.0 Å².